The lowest BCUT2D eigenvalue weighted by Gasteiger charge is -2.39. The molecule has 0 bridgehead atoms. The predicted molar refractivity (Wildman–Crippen MR) is 142 cm³/mol. The Labute approximate surface area is 220 Å². The zero-order valence-electron chi connectivity index (χ0n) is 21.7. The summed E-state index contributed by atoms with van der Waals surface area (Å²) in [5.74, 6) is 0.633. The average molecular weight is 524 g/mol. The quantitative estimate of drug-likeness (QED) is 0.367. The Morgan fingerprint density at radius 3 is 2.62 bits per heavy atom. The maximum atomic E-state index is 13.5. The highest BCUT2D eigenvalue weighted by molar-refractivity contribution is 7.89. The van der Waals surface area contributed by atoms with Crippen molar-refractivity contribution in [2.45, 2.75) is 62.9 Å². The van der Waals surface area contributed by atoms with Gasteiger partial charge in [-0.05, 0) is 61.3 Å². The monoisotopic (exact) mass is 524 g/mol. The van der Waals surface area contributed by atoms with Crippen molar-refractivity contribution < 1.29 is 22.7 Å². The Morgan fingerprint density at radius 1 is 1.24 bits per heavy atom. The molecule has 37 heavy (non-hydrogen) atoms. The molecular formula is C26H33BN4O5S. The number of aromatic nitrogens is 1. The van der Waals surface area contributed by atoms with E-state index in [2.05, 4.69) is 23.9 Å². The maximum absolute atomic E-state index is 13.5. The summed E-state index contributed by atoms with van der Waals surface area (Å²) in [7, 11) is 3.84. The van der Waals surface area contributed by atoms with E-state index in [1.54, 1.807) is 25.2 Å². The van der Waals surface area contributed by atoms with Gasteiger partial charge in [0.2, 0.25) is 15.9 Å². The highest BCUT2D eigenvalue weighted by Gasteiger charge is 2.44. The third-order valence-electron chi connectivity index (χ3n) is 7.01. The van der Waals surface area contributed by atoms with Crippen molar-refractivity contribution in [3.8, 4) is 11.6 Å². The lowest BCUT2D eigenvalue weighted by molar-refractivity contribution is -0.145. The van der Waals surface area contributed by atoms with E-state index in [4.69, 9.17) is 17.3 Å². The molecule has 2 unspecified atom stereocenters. The van der Waals surface area contributed by atoms with Crippen LogP contribution in [0.2, 0.25) is 0 Å². The fraction of sp³-hybridized carbons (Fsp3) is 0.500. The second kappa shape index (κ2) is 11.2. The van der Waals surface area contributed by atoms with Crippen molar-refractivity contribution in [2.24, 2.45) is 11.0 Å². The first-order chi connectivity index (χ1) is 17.6. The van der Waals surface area contributed by atoms with E-state index < -0.39 is 10.0 Å². The van der Waals surface area contributed by atoms with Gasteiger partial charge in [-0.1, -0.05) is 26.0 Å². The number of esters is 1. The molecule has 1 saturated carbocycles. The molecular weight excluding hydrogens is 491 g/mol. The smallest absolute Gasteiger partial charge is 0.327 e. The van der Waals surface area contributed by atoms with Gasteiger partial charge >= 0.3 is 5.97 Å². The van der Waals surface area contributed by atoms with Crippen LogP contribution in [-0.2, 0) is 19.6 Å². The number of benzene rings is 1. The molecule has 1 fully saturated rings. The number of hydrogen-bond acceptors (Lipinski definition) is 8. The number of rotatable bonds is 9. The van der Waals surface area contributed by atoms with Gasteiger partial charge in [0, 0.05) is 25.2 Å². The molecule has 9 nitrogen and oxygen atoms in total. The van der Waals surface area contributed by atoms with Crippen LogP contribution in [0.4, 0.5) is 0 Å². The van der Waals surface area contributed by atoms with Gasteiger partial charge in [-0.25, -0.2) is 13.4 Å². The first kappa shape index (κ1) is 27.1. The summed E-state index contributed by atoms with van der Waals surface area (Å²) in [6.07, 6.45) is 5.36. The number of fused-ring (bicyclic) bond motifs is 1. The molecule has 3 atom stereocenters. The number of pyridine rings is 1. The van der Waals surface area contributed by atoms with Gasteiger partial charge < -0.3 is 9.47 Å². The highest BCUT2D eigenvalue weighted by Crippen LogP contribution is 2.36. The van der Waals surface area contributed by atoms with Gasteiger partial charge in [0.15, 0.2) is 0 Å². The molecule has 2 aromatic rings. The van der Waals surface area contributed by atoms with Crippen molar-refractivity contribution in [3.05, 3.63) is 42.1 Å². The first-order valence-electron chi connectivity index (χ1n) is 12.6. The van der Waals surface area contributed by atoms with Crippen LogP contribution in [0, 0.1) is 5.92 Å². The number of carbonyl (C=O) groups excluding carboxylic acids is 1. The number of nitrogens with zero attached hydrogens (tertiary/aromatic N) is 4. The number of carbonyl (C=O) groups is 1. The van der Waals surface area contributed by atoms with Gasteiger partial charge in [0.05, 0.1) is 18.8 Å². The molecule has 11 heteroatoms. The summed E-state index contributed by atoms with van der Waals surface area (Å²) in [6, 6.07) is 8.64. The molecule has 1 aromatic heterocycles. The zero-order valence-corrected chi connectivity index (χ0v) is 22.5. The molecule has 2 heterocycles. The zero-order chi connectivity index (χ0) is 26.7. The number of hydrogen-bond donors (Lipinski definition) is 0. The average Bonchev–Trinajstić information content (AvgIpc) is 3.28. The van der Waals surface area contributed by atoms with Crippen LogP contribution in [0.5, 0.6) is 11.6 Å². The second-order valence-electron chi connectivity index (χ2n) is 9.72. The van der Waals surface area contributed by atoms with Crippen LogP contribution in [0.15, 0.2) is 46.5 Å². The number of hydrazone groups is 1. The fourth-order valence-corrected chi connectivity index (χ4v) is 6.34. The van der Waals surface area contributed by atoms with Crippen molar-refractivity contribution in [3.63, 3.8) is 0 Å². The minimum atomic E-state index is -3.89. The van der Waals surface area contributed by atoms with Crippen LogP contribution < -0.4 is 10.2 Å². The van der Waals surface area contributed by atoms with E-state index in [1.807, 2.05) is 24.3 Å². The maximum Gasteiger partial charge on any atom is 0.327 e. The molecule has 2 aliphatic rings. The Hall–Kier alpha value is -2.92. The highest BCUT2D eigenvalue weighted by atomic mass is 32.2. The molecule has 1 aliphatic carbocycles. The summed E-state index contributed by atoms with van der Waals surface area (Å²) in [5.41, 5.74) is 1.31. The van der Waals surface area contributed by atoms with Gasteiger partial charge in [0.1, 0.15) is 25.0 Å². The summed E-state index contributed by atoms with van der Waals surface area (Å²) in [4.78, 5) is 16.2. The minimum Gasteiger partial charge on any atom is -0.465 e. The van der Waals surface area contributed by atoms with E-state index >= 15 is 0 Å². The SMILES string of the molecule is [B]c1cc(S(=O)(=O)N(C)[C@@H]2CCCC3C2C=NN3CC(=O)OCC)cnc1Oc1ccc(C(C)C)cc1. The van der Waals surface area contributed by atoms with E-state index in [-0.39, 0.29) is 46.8 Å². The van der Waals surface area contributed by atoms with E-state index in [0.29, 0.717) is 24.7 Å². The first-order valence-corrected chi connectivity index (χ1v) is 14.0. The molecule has 0 amide bonds. The number of sulfonamides is 1. The van der Waals surface area contributed by atoms with E-state index in [9.17, 15) is 13.2 Å². The molecule has 196 valence electrons. The van der Waals surface area contributed by atoms with Crippen LogP contribution in [-0.4, -0.2) is 75.0 Å². The van der Waals surface area contributed by atoms with Crippen molar-refractivity contribution in [2.75, 3.05) is 20.2 Å². The summed E-state index contributed by atoms with van der Waals surface area (Å²) in [6.45, 7) is 6.33. The standard InChI is InChI=1S/C26H33BN4O5S/c1-5-35-25(32)16-31-24-8-6-7-23(21(24)15-29-31)30(4)37(33,34)20-13-22(27)26(28-14-20)36-19-11-9-18(10-12-19)17(2)3/h9-15,17,21,23-24H,5-8,16H2,1-4H3/t21?,23-,24?/m1/s1. The molecule has 1 aromatic carbocycles. The predicted octanol–water partition coefficient (Wildman–Crippen LogP) is 2.81. The second-order valence-corrected chi connectivity index (χ2v) is 11.7. The van der Waals surface area contributed by atoms with Crippen molar-refractivity contribution >= 4 is 35.5 Å². The minimum absolute atomic E-state index is 0.00422. The Morgan fingerprint density at radius 2 is 1.97 bits per heavy atom. The summed E-state index contributed by atoms with van der Waals surface area (Å²) < 4.78 is 39.3. The summed E-state index contributed by atoms with van der Waals surface area (Å²) in [5, 5.41) is 6.12. The molecule has 0 N–H and O–H groups in total. The van der Waals surface area contributed by atoms with Gasteiger partial charge in [-0.2, -0.15) is 9.41 Å². The normalized spacial score (nSPS) is 21.4. The fourth-order valence-electron chi connectivity index (χ4n) is 4.95. The Balaban J connectivity index is 1.48. The van der Waals surface area contributed by atoms with Crippen molar-refractivity contribution in [1.82, 2.24) is 14.3 Å². The van der Waals surface area contributed by atoms with Crippen LogP contribution in [0.3, 0.4) is 0 Å². The largest absolute Gasteiger partial charge is 0.465 e. The van der Waals surface area contributed by atoms with Crippen LogP contribution in [0.1, 0.15) is 51.5 Å². The van der Waals surface area contributed by atoms with Gasteiger partial charge in [0.25, 0.3) is 0 Å². The Bertz CT molecular complexity index is 1250. The third-order valence-corrected chi connectivity index (χ3v) is 8.86. The lowest BCUT2D eigenvalue weighted by Crippen LogP contribution is -2.51. The van der Waals surface area contributed by atoms with Gasteiger partial charge in [-0.15, -0.1) is 0 Å². The number of ether oxygens (including phenoxy) is 2. The molecule has 1 aliphatic heterocycles. The Kier molecular flexibility index (Phi) is 8.23. The van der Waals surface area contributed by atoms with E-state index in [0.717, 1.165) is 12.8 Å². The third kappa shape index (κ3) is 5.82. The molecule has 2 radical (unpaired) electrons. The van der Waals surface area contributed by atoms with Crippen LogP contribution in [0.25, 0.3) is 0 Å². The molecule has 0 saturated heterocycles. The lowest BCUT2D eigenvalue weighted by atomic mass is 9.81. The van der Waals surface area contributed by atoms with E-state index in [1.165, 1.54) is 22.1 Å². The van der Waals surface area contributed by atoms with Crippen molar-refractivity contribution in [1.29, 1.82) is 0 Å². The van der Waals surface area contributed by atoms with Gasteiger partial charge in [-0.3, -0.25) is 9.80 Å². The molecule has 0 spiro atoms. The molecule has 4 rings (SSSR count). The van der Waals surface area contributed by atoms with Crippen LogP contribution >= 0.6 is 0 Å². The summed E-state index contributed by atoms with van der Waals surface area (Å²) >= 11 is 0. The topological polar surface area (TPSA) is 101 Å².